The standard InChI is InChI=1S/C24H27NO4/c1-15(26)21-20(25-18-8-6-5-7-9-18)14-24(3,28)23(16(2)27)22(21)17-10-12-19(29-4)13-11-17/h5-14,21-23,25,28H,1-4H3/t21-,22+,23-,24+/m0/s1. The first kappa shape index (κ1) is 20.8. The number of hydrogen-bond donors (Lipinski definition) is 2. The van der Waals surface area contributed by atoms with E-state index in [0.717, 1.165) is 11.3 Å². The van der Waals surface area contributed by atoms with E-state index in [1.807, 2.05) is 42.5 Å². The zero-order valence-corrected chi connectivity index (χ0v) is 17.2. The number of Topliss-reactive ketones (excluding diaryl/α,β-unsaturated/α-hetero) is 2. The summed E-state index contributed by atoms with van der Waals surface area (Å²) < 4.78 is 5.24. The second kappa shape index (κ2) is 8.21. The third-order valence-corrected chi connectivity index (χ3v) is 5.57. The van der Waals surface area contributed by atoms with E-state index < -0.39 is 23.4 Å². The number of hydrogen-bond acceptors (Lipinski definition) is 5. The highest BCUT2D eigenvalue weighted by Gasteiger charge is 2.50. The molecule has 0 fully saturated rings. The predicted octanol–water partition coefficient (Wildman–Crippen LogP) is 3.95. The number of nitrogens with one attached hydrogen (secondary N) is 1. The summed E-state index contributed by atoms with van der Waals surface area (Å²) in [4.78, 5) is 25.4. The average Bonchev–Trinajstić information content (AvgIpc) is 2.67. The van der Waals surface area contributed by atoms with Gasteiger partial charge in [0.25, 0.3) is 0 Å². The molecule has 0 spiro atoms. The van der Waals surface area contributed by atoms with Crippen LogP contribution in [0.15, 0.2) is 66.4 Å². The van der Waals surface area contributed by atoms with Crippen LogP contribution < -0.4 is 10.1 Å². The van der Waals surface area contributed by atoms with Crippen LogP contribution in [0, 0.1) is 11.8 Å². The molecular formula is C24H27NO4. The van der Waals surface area contributed by atoms with E-state index in [-0.39, 0.29) is 11.6 Å². The molecule has 0 bridgehead atoms. The van der Waals surface area contributed by atoms with E-state index in [2.05, 4.69) is 5.32 Å². The molecule has 1 aliphatic rings. The highest BCUT2D eigenvalue weighted by molar-refractivity contribution is 5.88. The van der Waals surface area contributed by atoms with Crippen molar-refractivity contribution in [3.8, 4) is 5.75 Å². The molecule has 29 heavy (non-hydrogen) atoms. The van der Waals surface area contributed by atoms with Crippen molar-refractivity contribution in [2.45, 2.75) is 32.3 Å². The van der Waals surface area contributed by atoms with E-state index in [9.17, 15) is 14.7 Å². The van der Waals surface area contributed by atoms with Gasteiger partial charge >= 0.3 is 0 Å². The average molecular weight is 393 g/mol. The smallest absolute Gasteiger partial charge is 0.139 e. The number of allylic oxidation sites excluding steroid dienone is 1. The van der Waals surface area contributed by atoms with Crippen molar-refractivity contribution >= 4 is 17.3 Å². The van der Waals surface area contributed by atoms with Gasteiger partial charge in [-0.2, -0.15) is 0 Å². The minimum Gasteiger partial charge on any atom is -0.497 e. The Bertz CT molecular complexity index is 916. The molecule has 2 aromatic rings. The Kier molecular flexibility index (Phi) is 5.89. The van der Waals surface area contributed by atoms with E-state index >= 15 is 0 Å². The van der Waals surface area contributed by atoms with Gasteiger partial charge in [0.1, 0.15) is 17.3 Å². The fourth-order valence-electron chi connectivity index (χ4n) is 4.39. The lowest BCUT2D eigenvalue weighted by molar-refractivity contribution is -0.131. The first-order valence-electron chi connectivity index (χ1n) is 9.66. The highest BCUT2D eigenvalue weighted by Crippen LogP contribution is 2.47. The third-order valence-electron chi connectivity index (χ3n) is 5.57. The second-order valence-electron chi connectivity index (χ2n) is 7.79. The molecule has 0 unspecified atom stereocenters. The van der Waals surface area contributed by atoms with Crippen LogP contribution in [0.1, 0.15) is 32.3 Å². The van der Waals surface area contributed by atoms with Crippen molar-refractivity contribution in [1.29, 1.82) is 0 Å². The van der Waals surface area contributed by atoms with Crippen molar-refractivity contribution in [1.82, 2.24) is 0 Å². The Morgan fingerprint density at radius 2 is 1.62 bits per heavy atom. The van der Waals surface area contributed by atoms with Gasteiger partial charge in [-0.15, -0.1) is 0 Å². The molecule has 0 radical (unpaired) electrons. The van der Waals surface area contributed by atoms with Gasteiger partial charge < -0.3 is 15.2 Å². The van der Waals surface area contributed by atoms with Crippen molar-refractivity contribution in [3.05, 3.63) is 71.9 Å². The monoisotopic (exact) mass is 393 g/mol. The SMILES string of the molecule is COc1ccc([C@@H]2[C@@H](C(C)=O)C(Nc3ccccc3)=C[C@@](C)(O)[C@H]2C(C)=O)cc1. The minimum absolute atomic E-state index is 0.0674. The number of ketones is 2. The summed E-state index contributed by atoms with van der Waals surface area (Å²) in [6.45, 7) is 4.62. The summed E-state index contributed by atoms with van der Waals surface area (Å²) >= 11 is 0. The first-order chi connectivity index (χ1) is 13.7. The zero-order valence-electron chi connectivity index (χ0n) is 17.2. The lowest BCUT2D eigenvalue weighted by Gasteiger charge is -2.44. The first-order valence-corrected chi connectivity index (χ1v) is 9.66. The molecule has 0 amide bonds. The number of carbonyl (C=O) groups excluding carboxylic acids is 2. The lowest BCUT2D eigenvalue weighted by atomic mass is 9.62. The van der Waals surface area contributed by atoms with Gasteiger partial charge in [0.15, 0.2) is 0 Å². The van der Waals surface area contributed by atoms with Crippen molar-refractivity contribution in [3.63, 3.8) is 0 Å². The molecule has 1 aliphatic carbocycles. The fourth-order valence-corrected chi connectivity index (χ4v) is 4.39. The van der Waals surface area contributed by atoms with Crippen LogP contribution in [0.2, 0.25) is 0 Å². The molecule has 152 valence electrons. The van der Waals surface area contributed by atoms with Gasteiger partial charge in [0.05, 0.1) is 24.5 Å². The third kappa shape index (κ3) is 4.25. The maximum absolute atomic E-state index is 12.8. The molecule has 0 aliphatic heterocycles. The fraction of sp³-hybridized carbons (Fsp3) is 0.333. The van der Waals surface area contributed by atoms with Gasteiger partial charge in [-0.1, -0.05) is 30.3 Å². The molecule has 3 rings (SSSR count). The maximum atomic E-state index is 12.8. The Balaban J connectivity index is 2.14. The predicted molar refractivity (Wildman–Crippen MR) is 113 cm³/mol. The van der Waals surface area contributed by atoms with Gasteiger partial charge in [-0.3, -0.25) is 9.59 Å². The van der Waals surface area contributed by atoms with E-state index in [1.54, 1.807) is 32.2 Å². The number of anilines is 1. The molecule has 2 N–H and O–H groups in total. The number of methoxy groups -OCH3 is 1. The quantitative estimate of drug-likeness (QED) is 0.777. The van der Waals surface area contributed by atoms with Crippen molar-refractivity contribution in [2.75, 3.05) is 12.4 Å². The number of benzene rings is 2. The molecule has 0 saturated carbocycles. The molecule has 5 heteroatoms. The molecule has 2 aromatic carbocycles. The molecule has 5 nitrogen and oxygen atoms in total. The van der Waals surface area contributed by atoms with Crippen LogP contribution in [0.5, 0.6) is 5.75 Å². The number of aliphatic hydroxyl groups is 1. The Labute approximate surface area is 171 Å². The second-order valence-corrected chi connectivity index (χ2v) is 7.79. The molecule has 0 aromatic heterocycles. The molecule has 4 atom stereocenters. The molecule has 0 heterocycles. The van der Waals surface area contributed by atoms with E-state index in [4.69, 9.17) is 4.74 Å². The van der Waals surface area contributed by atoms with E-state index in [1.165, 1.54) is 13.8 Å². The topological polar surface area (TPSA) is 75.6 Å². The Morgan fingerprint density at radius 1 is 1.00 bits per heavy atom. The zero-order chi connectivity index (χ0) is 21.2. The van der Waals surface area contributed by atoms with Crippen molar-refractivity contribution in [2.24, 2.45) is 11.8 Å². The van der Waals surface area contributed by atoms with Crippen LogP contribution in [-0.2, 0) is 9.59 Å². The summed E-state index contributed by atoms with van der Waals surface area (Å²) in [5.41, 5.74) is 0.828. The van der Waals surface area contributed by atoms with Gasteiger partial charge in [-0.25, -0.2) is 0 Å². The number of carbonyl (C=O) groups is 2. The summed E-state index contributed by atoms with van der Waals surface area (Å²) in [6, 6.07) is 16.8. The summed E-state index contributed by atoms with van der Waals surface area (Å²) in [5, 5.41) is 14.5. The van der Waals surface area contributed by atoms with Gasteiger partial charge in [0.2, 0.25) is 0 Å². The highest BCUT2D eigenvalue weighted by atomic mass is 16.5. The minimum atomic E-state index is -1.40. The van der Waals surface area contributed by atoms with Crippen LogP contribution >= 0.6 is 0 Å². The Hall–Kier alpha value is -2.92. The summed E-state index contributed by atoms with van der Waals surface area (Å²) in [5.74, 6) is -1.36. The number of para-hydroxylation sites is 1. The van der Waals surface area contributed by atoms with Gasteiger partial charge in [-0.05, 0) is 56.7 Å². The summed E-state index contributed by atoms with van der Waals surface area (Å²) in [7, 11) is 1.59. The maximum Gasteiger partial charge on any atom is 0.139 e. The normalized spacial score (nSPS) is 26.4. The van der Waals surface area contributed by atoms with E-state index in [0.29, 0.717) is 11.4 Å². The van der Waals surface area contributed by atoms with Crippen LogP contribution in [0.3, 0.4) is 0 Å². The van der Waals surface area contributed by atoms with Crippen LogP contribution in [0.25, 0.3) is 0 Å². The number of ether oxygens (including phenoxy) is 1. The Morgan fingerprint density at radius 3 is 2.14 bits per heavy atom. The molecule has 0 saturated heterocycles. The summed E-state index contributed by atoms with van der Waals surface area (Å²) in [6.07, 6.45) is 1.62. The van der Waals surface area contributed by atoms with Gasteiger partial charge in [0, 0.05) is 17.3 Å². The van der Waals surface area contributed by atoms with Crippen molar-refractivity contribution < 1.29 is 19.4 Å². The lowest BCUT2D eigenvalue weighted by Crippen LogP contribution is -2.49. The number of rotatable bonds is 6. The van der Waals surface area contributed by atoms with Crippen LogP contribution in [0.4, 0.5) is 5.69 Å². The van der Waals surface area contributed by atoms with Crippen LogP contribution in [-0.4, -0.2) is 29.4 Å². The molecular weight excluding hydrogens is 366 g/mol. The largest absolute Gasteiger partial charge is 0.497 e.